The molecule has 106 valence electrons. The van der Waals surface area contributed by atoms with Crippen molar-refractivity contribution in [3.63, 3.8) is 0 Å². The lowest BCUT2D eigenvalue weighted by atomic mass is 9.80. The van der Waals surface area contributed by atoms with Gasteiger partial charge in [-0.3, -0.25) is 0 Å². The number of carboxylic acid groups (broad SMARTS) is 1. The van der Waals surface area contributed by atoms with Gasteiger partial charge >= 0.3 is 5.97 Å². The molecule has 19 heavy (non-hydrogen) atoms. The highest BCUT2D eigenvalue weighted by Crippen LogP contribution is 2.31. The van der Waals surface area contributed by atoms with Gasteiger partial charge in [0.15, 0.2) is 0 Å². The molecule has 0 saturated heterocycles. The summed E-state index contributed by atoms with van der Waals surface area (Å²) >= 11 is 0. The Hall–Kier alpha value is -1.29. The minimum absolute atomic E-state index is 0.226. The van der Waals surface area contributed by atoms with E-state index in [9.17, 15) is 4.79 Å². The van der Waals surface area contributed by atoms with Gasteiger partial charge in [0.1, 0.15) is 23.7 Å². The third-order valence-corrected chi connectivity index (χ3v) is 4.21. The Kier molecular flexibility index (Phi) is 4.30. The van der Waals surface area contributed by atoms with E-state index >= 15 is 0 Å². The van der Waals surface area contributed by atoms with Crippen LogP contribution in [0.3, 0.4) is 0 Å². The maximum Gasteiger partial charge on any atom is 0.339 e. The van der Waals surface area contributed by atoms with Gasteiger partial charge < -0.3 is 14.3 Å². The summed E-state index contributed by atoms with van der Waals surface area (Å²) in [5.74, 6) is 1.54. The van der Waals surface area contributed by atoms with Crippen LogP contribution in [-0.2, 0) is 11.3 Å². The molecule has 1 aliphatic carbocycles. The third kappa shape index (κ3) is 3.38. The van der Waals surface area contributed by atoms with Crippen molar-refractivity contribution in [2.45, 2.75) is 52.7 Å². The molecule has 0 spiro atoms. The molecule has 1 heterocycles. The summed E-state index contributed by atoms with van der Waals surface area (Å²) in [5, 5.41) is 8.96. The van der Waals surface area contributed by atoms with Gasteiger partial charge in [-0.15, -0.1) is 0 Å². The second-order valence-corrected chi connectivity index (χ2v) is 5.69. The van der Waals surface area contributed by atoms with Gasteiger partial charge in [0.25, 0.3) is 0 Å². The van der Waals surface area contributed by atoms with E-state index in [-0.39, 0.29) is 11.7 Å². The Morgan fingerprint density at radius 1 is 1.42 bits per heavy atom. The molecule has 3 unspecified atom stereocenters. The van der Waals surface area contributed by atoms with Crippen molar-refractivity contribution in [3.8, 4) is 0 Å². The van der Waals surface area contributed by atoms with Crippen LogP contribution in [0.4, 0.5) is 0 Å². The van der Waals surface area contributed by atoms with Crippen molar-refractivity contribution in [1.29, 1.82) is 0 Å². The van der Waals surface area contributed by atoms with E-state index in [4.69, 9.17) is 14.3 Å². The van der Waals surface area contributed by atoms with Crippen molar-refractivity contribution >= 4 is 5.97 Å². The van der Waals surface area contributed by atoms with E-state index < -0.39 is 5.97 Å². The number of hydrogen-bond donors (Lipinski definition) is 1. The molecule has 0 amide bonds. The first kappa shape index (κ1) is 14.1. The van der Waals surface area contributed by atoms with Crippen LogP contribution in [0.25, 0.3) is 0 Å². The Bertz CT molecular complexity index is 449. The molecular weight excluding hydrogens is 244 g/mol. The summed E-state index contributed by atoms with van der Waals surface area (Å²) in [5.41, 5.74) is 0.226. The highest BCUT2D eigenvalue weighted by molar-refractivity contribution is 5.88. The molecule has 1 saturated carbocycles. The fourth-order valence-electron chi connectivity index (χ4n) is 2.68. The average molecular weight is 266 g/mol. The number of aryl methyl sites for hydroxylation is 1. The molecule has 2 rings (SSSR count). The second-order valence-electron chi connectivity index (χ2n) is 5.69. The summed E-state index contributed by atoms with van der Waals surface area (Å²) in [6.07, 6.45) is 3.62. The number of carbonyl (C=O) groups is 1. The van der Waals surface area contributed by atoms with E-state index in [2.05, 4.69) is 13.8 Å². The smallest absolute Gasteiger partial charge is 0.339 e. The molecule has 0 radical (unpaired) electrons. The van der Waals surface area contributed by atoms with Crippen molar-refractivity contribution in [1.82, 2.24) is 0 Å². The first-order chi connectivity index (χ1) is 8.97. The standard InChI is InChI=1S/C15H22O4/c1-9-4-5-12(6-10(9)2)18-8-13-7-14(15(16)17)11(3)19-13/h7,9-10,12H,4-6,8H2,1-3H3,(H,16,17). The third-order valence-electron chi connectivity index (χ3n) is 4.21. The predicted octanol–water partition coefficient (Wildman–Crippen LogP) is 3.63. The largest absolute Gasteiger partial charge is 0.478 e. The number of rotatable bonds is 4. The summed E-state index contributed by atoms with van der Waals surface area (Å²) in [4.78, 5) is 10.9. The lowest BCUT2D eigenvalue weighted by molar-refractivity contribution is -0.0141. The molecule has 4 heteroatoms. The molecule has 4 nitrogen and oxygen atoms in total. The first-order valence-corrected chi connectivity index (χ1v) is 6.91. The number of hydrogen-bond acceptors (Lipinski definition) is 3. The van der Waals surface area contributed by atoms with Crippen LogP contribution in [0.15, 0.2) is 10.5 Å². The van der Waals surface area contributed by atoms with Gasteiger partial charge in [-0.1, -0.05) is 13.8 Å². The molecule has 3 atom stereocenters. The van der Waals surface area contributed by atoms with Gasteiger partial charge in [0, 0.05) is 0 Å². The monoisotopic (exact) mass is 266 g/mol. The number of aromatic carboxylic acids is 1. The quantitative estimate of drug-likeness (QED) is 0.904. The topological polar surface area (TPSA) is 59.7 Å². The molecule has 1 fully saturated rings. The molecule has 1 aromatic heterocycles. The van der Waals surface area contributed by atoms with Crippen LogP contribution in [0.1, 0.15) is 55.0 Å². The first-order valence-electron chi connectivity index (χ1n) is 6.91. The molecule has 0 aromatic carbocycles. The van der Waals surface area contributed by atoms with Gasteiger partial charge in [0.2, 0.25) is 0 Å². The van der Waals surface area contributed by atoms with Crippen LogP contribution < -0.4 is 0 Å². The summed E-state index contributed by atoms with van der Waals surface area (Å²) in [6, 6.07) is 1.56. The van der Waals surface area contributed by atoms with Crippen LogP contribution >= 0.6 is 0 Å². The fraction of sp³-hybridized carbons (Fsp3) is 0.667. The lowest BCUT2D eigenvalue weighted by Crippen LogP contribution is -2.26. The zero-order chi connectivity index (χ0) is 14.0. The van der Waals surface area contributed by atoms with E-state index in [1.165, 1.54) is 6.42 Å². The highest BCUT2D eigenvalue weighted by atomic mass is 16.5. The van der Waals surface area contributed by atoms with E-state index in [1.807, 2.05) is 0 Å². The van der Waals surface area contributed by atoms with E-state index in [1.54, 1.807) is 13.0 Å². The zero-order valence-electron chi connectivity index (χ0n) is 11.8. The SMILES string of the molecule is Cc1oc(COC2CCC(C)C(C)C2)cc1C(=O)O. The lowest BCUT2D eigenvalue weighted by Gasteiger charge is -2.31. The average Bonchev–Trinajstić information content (AvgIpc) is 2.72. The van der Waals surface area contributed by atoms with Crippen LogP contribution in [0, 0.1) is 18.8 Å². The molecule has 0 bridgehead atoms. The Balaban J connectivity index is 1.89. The zero-order valence-corrected chi connectivity index (χ0v) is 11.8. The summed E-state index contributed by atoms with van der Waals surface area (Å²) in [7, 11) is 0. The van der Waals surface area contributed by atoms with Crippen molar-refractivity contribution in [2.24, 2.45) is 11.8 Å². The normalized spacial score (nSPS) is 27.4. The minimum atomic E-state index is -0.951. The van der Waals surface area contributed by atoms with Crippen LogP contribution in [-0.4, -0.2) is 17.2 Å². The van der Waals surface area contributed by atoms with Gasteiger partial charge in [0.05, 0.1) is 6.10 Å². The number of furan rings is 1. The minimum Gasteiger partial charge on any atom is -0.478 e. The van der Waals surface area contributed by atoms with Crippen molar-refractivity contribution < 1.29 is 19.1 Å². The van der Waals surface area contributed by atoms with Gasteiger partial charge in [-0.05, 0) is 44.1 Å². The molecular formula is C15H22O4. The van der Waals surface area contributed by atoms with Crippen molar-refractivity contribution in [2.75, 3.05) is 0 Å². The summed E-state index contributed by atoms with van der Waals surface area (Å²) < 4.78 is 11.3. The predicted molar refractivity (Wildman–Crippen MR) is 71.2 cm³/mol. The molecule has 0 aliphatic heterocycles. The molecule has 1 N–H and O–H groups in total. The van der Waals surface area contributed by atoms with Crippen LogP contribution in [0.5, 0.6) is 0 Å². The maximum absolute atomic E-state index is 10.9. The highest BCUT2D eigenvalue weighted by Gasteiger charge is 2.25. The van der Waals surface area contributed by atoms with Crippen molar-refractivity contribution in [3.05, 3.63) is 23.2 Å². The number of carboxylic acids is 1. The Morgan fingerprint density at radius 3 is 2.74 bits per heavy atom. The molecule has 1 aromatic rings. The maximum atomic E-state index is 10.9. The van der Waals surface area contributed by atoms with E-state index in [0.29, 0.717) is 24.0 Å². The van der Waals surface area contributed by atoms with Gasteiger partial charge in [-0.25, -0.2) is 4.79 Å². The fourth-order valence-corrected chi connectivity index (χ4v) is 2.68. The van der Waals surface area contributed by atoms with Gasteiger partial charge in [-0.2, -0.15) is 0 Å². The second kappa shape index (κ2) is 5.78. The Labute approximate surface area is 113 Å². The Morgan fingerprint density at radius 2 is 2.16 bits per heavy atom. The number of ether oxygens (including phenoxy) is 1. The van der Waals surface area contributed by atoms with E-state index in [0.717, 1.165) is 18.8 Å². The molecule has 1 aliphatic rings. The summed E-state index contributed by atoms with van der Waals surface area (Å²) in [6.45, 7) is 6.58. The van der Waals surface area contributed by atoms with Crippen LogP contribution in [0.2, 0.25) is 0 Å².